The van der Waals surface area contributed by atoms with Crippen molar-refractivity contribution in [3.63, 3.8) is 0 Å². The molecule has 1 atom stereocenters. The zero-order valence-corrected chi connectivity index (χ0v) is 11.8. The van der Waals surface area contributed by atoms with Gasteiger partial charge in [-0.1, -0.05) is 0 Å². The third-order valence-electron chi connectivity index (χ3n) is 2.06. The second-order valence-corrected chi connectivity index (χ2v) is 4.04. The Balaban J connectivity index is 3.94. The van der Waals surface area contributed by atoms with E-state index in [9.17, 15) is 14.4 Å². The molecule has 0 aromatic rings. The lowest BCUT2D eigenvalue weighted by Crippen LogP contribution is -2.32. The van der Waals surface area contributed by atoms with Gasteiger partial charge in [0.2, 0.25) is 0 Å². The zero-order chi connectivity index (χ0) is 15.4. The summed E-state index contributed by atoms with van der Waals surface area (Å²) in [6.07, 6.45) is -0.0418. The molecule has 116 valence electrons. The summed E-state index contributed by atoms with van der Waals surface area (Å²) in [4.78, 5) is 32.9. The first-order valence-electron chi connectivity index (χ1n) is 6.32. The van der Waals surface area contributed by atoms with Crippen molar-refractivity contribution in [2.45, 2.75) is 26.4 Å². The molecule has 0 fully saturated rings. The minimum Gasteiger partial charge on any atom is -0.462 e. The Kier molecular flexibility index (Phi) is 10.2. The van der Waals surface area contributed by atoms with Crippen molar-refractivity contribution in [2.75, 3.05) is 32.8 Å². The Hall–Kier alpha value is -1.67. The maximum atomic E-state index is 11.4. The molecule has 3 N–H and O–H groups in total. The van der Waals surface area contributed by atoms with Gasteiger partial charge in [0.25, 0.3) is 0 Å². The van der Waals surface area contributed by atoms with E-state index in [1.165, 1.54) is 13.8 Å². The molecule has 0 aromatic carbocycles. The number of carbonyl (C=O) groups is 3. The van der Waals surface area contributed by atoms with E-state index in [0.717, 1.165) is 6.42 Å². The van der Waals surface area contributed by atoms with E-state index in [-0.39, 0.29) is 19.8 Å². The lowest BCUT2D eigenvalue weighted by Gasteiger charge is -2.16. The minimum absolute atomic E-state index is 0.0420. The highest BCUT2D eigenvalue weighted by atomic mass is 16.6. The van der Waals surface area contributed by atoms with Crippen LogP contribution in [0.1, 0.15) is 20.3 Å². The van der Waals surface area contributed by atoms with E-state index in [1.807, 2.05) is 0 Å². The second kappa shape index (κ2) is 11.2. The van der Waals surface area contributed by atoms with Crippen molar-refractivity contribution in [1.29, 1.82) is 0 Å². The van der Waals surface area contributed by atoms with Gasteiger partial charge in [0.05, 0.1) is 6.54 Å². The highest BCUT2D eigenvalue weighted by molar-refractivity contribution is 5.71. The Bertz CT molecular complexity index is 321. The quantitative estimate of drug-likeness (QED) is 0.298. The molecule has 0 aliphatic carbocycles. The molecule has 0 bridgehead atoms. The summed E-state index contributed by atoms with van der Waals surface area (Å²) >= 11 is 0. The number of esters is 3. The summed E-state index contributed by atoms with van der Waals surface area (Å²) in [5.74, 6) is -1.53. The maximum absolute atomic E-state index is 11.4. The molecule has 0 spiro atoms. The number of carbonyl (C=O) groups excluding carboxylic acids is 3. The molecule has 0 rings (SSSR count). The van der Waals surface area contributed by atoms with Crippen LogP contribution in [0, 0.1) is 0 Å². The van der Waals surface area contributed by atoms with Gasteiger partial charge in [-0.05, 0) is 19.5 Å². The van der Waals surface area contributed by atoms with Crippen LogP contribution in [-0.4, -0.2) is 56.9 Å². The van der Waals surface area contributed by atoms with Crippen LogP contribution >= 0.6 is 0 Å². The Morgan fingerprint density at radius 3 is 2.30 bits per heavy atom. The number of nitrogens with one attached hydrogen (secondary N) is 1. The van der Waals surface area contributed by atoms with Gasteiger partial charge in [-0.2, -0.15) is 0 Å². The third-order valence-corrected chi connectivity index (χ3v) is 2.06. The molecule has 0 aliphatic rings. The first-order valence-corrected chi connectivity index (χ1v) is 6.32. The molecule has 0 radical (unpaired) electrons. The van der Waals surface area contributed by atoms with Gasteiger partial charge in [0.15, 0.2) is 6.10 Å². The topological polar surface area (TPSA) is 117 Å². The largest absolute Gasteiger partial charge is 0.462 e. The Labute approximate surface area is 117 Å². The van der Waals surface area contributed by atoms with E-state index in [4.69, 9.17) is 19.9 Å². The number of nitrogens with two attached hydrogens (primary N) is 1. The van der Waals surface area contributed by atoms with Crippen molar-refractivity contribution < 1.29 is 28.6 Å². The monoisotopic (exact) mass is 290 g/mol. The highest BCUT2D eigenvalue weighted by Gasteiger charge is 2.16. The molecular weight excluding hydrogens is 268 g/mol. The number of hydrogen-bond acceptors (Lipinski definition) is 8. The molecule has 1 unspecified atom stereocenters. The molecule has 0 saturated carbocycles. The molecule has 8 nitrogen and oxygen atoms in total. The van der Waals surface area contributed by atoms with Gasteiger partial charge < -0.3 is 25.3 Å². The summed E-state index contributed by atoms with van der Waals surface area (Å²) in [5.41, 5.74) is 5.30. The van der Waals surface area contributed by atoms with Crippen LogP contribution < -0.4 is 11.1 Å². The lowest BCUT2D eigenvalue weighted by atomic mass is 10.4. The molecule has 0 amide bonds. The van der Waals surface area contributed by atoms with Gasteiger partial charge >= 0.3 is 17.9 Å². The smallest absolute Gasteiger partial charge is 0.320 e. The molecule has 20 heavy (non-hydrogen) atoms. The van der Waals surface area contributed by atoms with Crippen molar-refractivity contribution in [1.82, 2.24) is 5.32 Å². The van der Waals surface area contributed by atoms with E-state index in [0.29, 0.717) is 13.1 Å². The third kappa shape index (κ3) is 11.4. The predicted octanol–water partition coefficient (Wildman–Crippen LogP) is -1.04. The van der Waals surface area contributed by atoms with Crippen LogP contribution in [0.15, 0.2) is 0 Å². The van der Waals surface area contributed by atoms with Crippen LogP contribution in [0.5, 0.6) is 0 Å². The fourth-order valence-corrected chi connectivity index (χ4v) is 1.22. The Morgan fingerprint density at radius 2 is 1.75 bits per heavy atom. The first-order chi connectivity index (χ1) is 9.45. The zero-order valence-electron chi connectivity index (χ0n) is 11.8. The normalized spacial score (nSPS) is 11.6. The van der Waals surface area contributed by atoms with Gasteiger partial charge in [0, 0.05) is 13.8 Å². The van der Waals surface area contributed by atoms with Crippen LogP contribution in [0.2, 0.25) is 0 Å². The summed E-state index contributed by atoms with van der Waals surface area (Å²) in [5, 5.41) is 2.85. The van der Waals surface area contributed by atoms with E-state index >= 15 is 0 Å². The molecule has 0 heterocycles. The molecular formula is C12H22N2O6. The first kappa shape index (κ1) is 18.3. The molecule has 0 saturated heterocycles. The van der Waals surface area contributed by atoms with Crippen molar-refractivity contribution in [2.24, 2.45) is 5.73 Å². The van der Waals surface area contributed by atoms with Crippen molar-refractivity contribution in [3.05, 3.63) is 0 Å². The number of hydrogen-bond donors (Lipinski definition) is 2. The predicted molar refractivity (Wildman–Crippen MR) is 69.7 cm³/mol. The van der Waals surface area contributed by atoms with Gasteiger partial charge in [-0.25, -0.2) is 0 Å². The SMILES string of the molecule is CC(=O)OCC(COC(=O)CNCCCN)OC(C)=O. The summed E-state index contributed by atoms with van der Waals surface area (Å²) < 4.78 is 14.5. The van der Waals surface area contributed by atoms with Crippen molar-refractivity contribution in [3.8, 4) is 0 Å². The van der Waals surface area contributed by atoms with E-state index in [1.54, 1.807) is 0 Å². The summed E-state index contributed by atoms with van der Waals surface area (Å²) in [7, 11) is 0. The number of ether oxygens (including phenoxy) is 3. The molecule has 0 aromatic heterocycles. The number of rotatable bonds is 10. The maximum Gasteiger partial charge on any atom is 0.320 e. The van der Waals surface area contributed by atoms with Gasteiger partial charge in [0.1, 0.15) is 13.2 Å². The van der Waals surface area contributed by atoms with Gasteiger partial charge in [-0.15, -0.1) is 0 Å². The Morgan fingerprint density at radius 1 is 1.10 bits per heavy atom. The fourth-order valence-electron chi connectivity index (χ4n) is 1.22. The highest BCUT2D eigenvalue weighted by Crippen LogP contribution is 1.97. The van der Waals surface area contributed by atoms with E-state index in [2.05, 4.69) is 5.32 Å². The minimum atomic E-state index is -0.801. The summed E-state index contributed by atoms with van der Waals surface area (Å²) in [6.45, 7) is 3.34. The summed E-state index contributed by atoms with van der Waals surface area (Å²) in [6, 6.07) is 0. The standard InChI is InChI=1S/C12H22N2O6/c1-9(15)18-7-11(20-10(2)16)8-19-12(17)6-14-5-3-4-13/h11,14H,3-8,13H2,1-2H3. The second-order valence-electron chi connectivity index (χ2n) is 4.04. The molecule has 8 heteroatoms. The van der Waals surface area contributed by atoms with Crippen LogP contribution in [0.3, 0.4) is 0 Å². The molecule has 0 aliphatic heterocycles. The van der Waals surface area contributed by atoms with Gasteiger partial charge in [-0.3, -0.25) is 14.4 Å². The van der Waals surface area contributed by atoms with E-state index < -0.39 is 24.0 Å². The van der Waals surface area contributed by atoms with Crippen molar-refractivity contribution >= 4 is 17.9 Å². The van der Waals surface area contributed by atoms with Crippen LogP contribution in [-0.2, 0) is 28.6 Å². The average Bonchev–Trinajstić information content (AvgIpc) is 2.37. The fraction of sp³-hybridized carbons (Fsp3) is 0.750. The average molecular weight is 290 g/mol. The van der Waals surface area contributed by atoms with Crippen LogP contribution in [0.4, 0.5) is 0 Å². The van der Waals surface area contributed by atoms with Crippen LogP contribution in [0.25, 0.3) is 0 Å². The lowest BCUT2D eigenvalue weighted by molar-refractivity contribution is -0.164.